The summed E-state index contributed by atoms with van der Waals surface area (Å²) in [7, 11) is 0. The minimum atomic E-state index is -2.84. The highest BCUT2D eigenvalue weighted by Gasteiger charge is 2.57. The highest BCUT2D eigenvalue weighted by molar-refractivity contribution is 5.76. The van der Waals surface area contributed by atoms with Crippen molar-refractivity contribution in [2.24, 2.45) is 0 Å². The number of aliphatic carboxylic acids is 1. The fourth-order valence-corrected chi connectivity index (χ4v) is 5.46. The van der Waals surface area contributed by atoms with Crippen molar-refractivity contribution in [3.8, 4) is 0 Å². The van der Waals surface area contributed by atoms with Crippen LogP contribution in [0.4, 0.5) is 0 Å². The fraction of sp³-hybridized carbons (Fsp3) is 0.880. The van der Waals surface area contributed by atoms with Gasteiger partial charge in [0.05, 0.1) is 32.0 Å². The number of ether oxygens (including phenoxy) is 5. The molecule has 3 fully saturated rings. The molecule has 0 aromatic heterocycles. The van der Waals surface area contributed by atoms with E-state index in [0.29, 0.717) is 0 Å². The van der Waals surface area contributed by atoms with Gasteiger partial charge in [0.15, 0.2) is 12.6 Å². The molecule has 2 amide bonds. The highest BCUT2D eigenvalue weighted by Crippen LogP contribution is 2.35. The number of carbonyl (C=O) groups excluding carboxylic acids is 2. The zero-order valence-electron chi connectivity index (χ0n) is 24.7. The quantitative estimate of drug-likeness (QED) is 0.0913. The average Bonchev–Trinajstić information content (AvgIpc) is 2.99. The molecule has 0 saturated carbocycles. The first-order chi connectivity index (χ1) is 21.5. The van der Waals surface area contributed by atoms with Crippen molar-refractivity contribution in [2.75, 3.05) is 19.8 Å². The Morgan fingerprint density at radius 3 is 2.02 bits per heavy atom. The van der Waals surface area contributed by atoms with Gasteiger partial charge in [-0.1, -0.05) is 0 Å². The first-order valence-corrected chi connectivity index (χ1v) is 14.2. The lowest BCUT2D eigenvalue weighted by atomic mass is 9.88. The molecule has 3 rings (SSSR count). The number of aliphatic hydroxyl groups excluding tert-OH is 10. The molecule has 13 N–H and O–H groups in total. The Labute approximate surface area is 260 Å². The Morgan fingerprint density at radius 1 is 0.870 bits per heavy atom. The molecule has 266 valence electrons. The van der Waals surface area contributed by atoms with E-state index in [1.54, 1.807) is 0 Å². The summed E-state index contributed by atoms with van der Waals surface area (Å²) >= 11 is 0. The van der Waals surface area contributed by atoms with Gasteiger partial charge in [-0.25, -0.2) is 4.79 Å². The van der Waals surface area contributed by atoms with Gasteiger partial charge in [0.1, 0.15) is 67.1 Å². The van der Waals surface area contributed by atoms with E-state index in [9.17, 15) is 70.6 Å². The lowest BCUT2D eigenvalue weighted by Gasteiger charge is -2.48. The van der Waals surface area contributed by atoms with E-state index >= 15 is 0 Å². The van der Waals surface area contributed by atoms with Gasteiger partial charge < -0.3 is 90.5 Å². The van der Waals surface area contributed by atoms with Crippen LogP contribution in [0.1, 0.15) is 20.3 Å². The number of aliphatic hydroxyl groups is 10. The summed E-state index contributed by atoms with van der Waals surface area (Å²) in [6, 6.07) is -2.96. The molecule has 16 atom stereocenters. The molecule has 0 aliphatic carbocycles. The molecule has 0 aromatic rings. The molecular weight excluding hydrogens is 632 g/mol. The summed E-state index contributed by atoms with van der Waals surface area (Å²) < 4.78 is 27.2. The standard InChI is InChI=1S/C25H42N2O19/c1-7(30)26-13-9(32)3-25(24(40)41,46-21(13)15(34)10(33)4-28)42-6-12-16(35)18(37)19(38)23(44-12)45-20-11(5-29)43-22(39)14(17(20)36)27-8(2)31/h9-23,28-29,32-39H,3-6H2,1-2H3,(H,26,30)(H,27,31)(H,40,41)/t9-,10+,11+,12+,13+,14+,15+,16-,17+,18-,19+,20+,21+,22+,23-,25+/m0/s1. The molecule has 0 aromatic carbocycles. The van der Waals surface area contributed by atoms with Crippen molar-refractivity contribution >= 4 is 17.8 Å². The molecule has 0 spiro atoms. The second-order valence-electron chi connectivity index (χ2n) is 11.3. The zero-order valence-corrected chi connectivity index (χ0v) is 24.7. The van der Waals surface area contributed by atoms with Crippen LogP contribution in [0.5, 0.6) is 0 Å². The number of carbonyl (C=O) groups is 3. The Morgan fingerprint density at radius 2 is 1.48 bits per heavy atom. The number of nitrogens with one attached hydrogen (secondary N) is 2. The predicted octanol–water partition coefficient (Wildman–Crippen LogP) is -8.08. The van der Waals surface area contributed by atoms with Gasteiger partial charge in [0, 0.05) is 20.3 Å². The van der Waals surface area contributed by atoms with E-state index < -0.39 is 142 Å². The SMILES string of the molecule is CC(=O)N[C@@H]1[C@@H](O)[C@H](O[C@@H]2O[C@H](CO[C@]3(C(=O)O)C[C@H](O)[C@@H](NC(C)=O)[C@H]([C@H](O)[C@H](O)CO)O3)[C@H](O)[C@H](O)[C@H]2O)[C@@H](CO)O[C@H]1O. The monoisotopic (exact) mass is 674 g/mol. The highest BCUT2D eigenvalue weighted by atomic mass is 16.8. The van der Waals surface area contributed by atoms with E-state index in [2.05, 4.69) is 10.6 Å². The van der Waals surface area contributed by atoms with E-state index in [4.69, 9.17) is 23.7 Å². The van der Waals surface area contributed by atoms with Crippen molar-refractivity contribution in [3.05, 3.63) is 0 Å². The summed E-state index contributed by atoms with van der Waals surface area (Å²) in [4.78, 5) is 35.7. The molecular formula is C25H42N2O19. The number of rotatable bonds is 12. The maximum atomic E-state index is 12.4. The largest absolute Gasteiger partial charge is 0.477 e. The molecule has 0 bridgehead atoms. The zero-order chi connectivity index (χ0) is 34.7. The van der Waals surface area contributed by atoms with E-state index in [1.807, 2.05) is 0 Å². The van der Waals surface area contributed by atoms with Crippen molar-refractivity contribution in [3.63, 3.8) is 0 Å². The fourth-order valence-electron chi connectivity index (χ4n) is 5.46. The van der Waals surface area contributed by atoms with Gasteiger partial charge in [-0.15, -0.1) is 0 Å². The van der Waals surface area contributed by atoms with Gasteiger partial charge in [-0.2, -0.15) is 0 Å². The van der Waals surface area contributed by atoms with Crippen molar-refractivity contribution < 1.29 is 94.2 Å². The van der Waals surface area contributed by atoms with Crippen LogP contribution in [0, 0.1) is 0 Å². The van der Waals surface area contributed by atoms with Crippen LogP contribution >= 0.6 is 0 Å². The van der Waals surface area contributed by atoms with E-state index in [0.717, 1.165) is 13.8 Å². The Balaban J connectivity index is 1.83. The Bertz CT molecular complexity index is 1050. The third kappa shape index (κ3) is 8.26. The second-order valence-corrected chi connectivity index (χ2v) is 11.3. The molecule has 21 nitrogen and oxygen atoms in total. The number of hydrogen-bond acceptors (Lipinski definition) is 18. The maximum absolute atomic E-state index is 12.4. The third-order valence-corrected chi connectivity index (χ3v) is 7.87. The van der Waals surface area contributed by atoms with Crippen LogP contribution in [-0.2, 0) is 38.1 Å². The topological polar surface area (TPSA) is 344 Å². The van der Waals surface area contributed by atoms with Crippen LogP contribution < -0.4 is 10.6 Å². The lowest BCUT2D eigenvalue weighted by molar-refractivity contribution is -0.358. The maximum Gasteiger partial charge on any atom is 0.364 e. The number of amides is 2. The summed E-state index contributed by atoms with van der Waals surface area (Å²) in [5.41, 5.74) is 0. The summed E-state index contributed by atoms with van der Waals surface area (Å²) in [5, 5.41) is 117. The Kier molecular flexibility index (Phi) is 13.1. The van der Waals surface area contributed by atoms with Gasteiger partial charge >= 0.3 is 5.97 Å². The summed E-state index contributed by atoms with van der Waals surface area (Å²) in [6.07, 6.45) is -24.9. The van der Waals surface area contributed by atoms with Gasteiger partial charge in [-0.05, 0) is 0 Å². The van der Waals surface area contributed by atoms with Gasteiger partial charge in [-0.3, -0.25) is 9.59 Å². The molecule has 3 saturated heterocycles. The van der Waals surface area contributed by atoms with Crippen LogP contribution in [0.2, 0.25) is 0 Å². The molecule has 0 unspecified atom stereocenters. The van der Waals surface area contributed by atoms with Crippen molar-refractivity contribution in [1.29, 1.82) is 0 Å². The molecule has 21 heteroatoms. The van der Waals surface area contributed by atoms with Crippen LogP contribution in [0.3, 0.4) is 0 Å². The van der Waals surface area contributed by atoms with Gasteiger partial charge in [0.25, 0.3) is 5.79 Å². The summed E-state index contributed by atoms with van der Waals surface area (Å²) in [6.45, 7) is -0.695. The molecule has 3 aliphatic rings. The average molecular weight is 675 g/mol. The Hall–Kier alpha value is -2.19. The molecule has 3 aliphatic heterocycles. The van der Waals surface area contributed by atoms with Crippen molar-refractivity contribution in [1.82, 2.24) is 10.6 Å². The molecule has 3 heterocycles. The number of carboxylic acids is 1. The number of hydrogen-bond donors (Lipinski definition) is 13. The second kappa shape index (κ2) is 15.8. The first kappa shape index (κ1) is 38.3. The third-order valence-electron chi connectivity index (χ3n) is 7.87. The van der Waals surface area contributed by atoms with Crippen molar-refractivity contribution in [2.45, 2.75) is 118 Å². The molecule has 0 radical (unpaired) electrons. The molecule has 46 heavy (non-hydrogen) atoms. The predicted molar refractivity (Wildman–Crippen MR) is 142 cm³/mol. The van der Waals surface area contributed by atoms with Crippen LogP contribution in [0.15, 0.2) is 0 Å². The summed E-state index contributed by atoms with van der Waals surface area (Å²) in [5.74, 6) is -6.12. The number of carboxylic acid groups (broad SMARTS) is 1. The first-order valence-electron chi connectivity index (χ1n) is 14.2. The van der Waals surface area contributed by atoms with Crippen LogP contribution in [0.25, 0.3) is 0 Å². The van der Waals surface area contributed by atoms with E-state index in [1.165, 1.54) is 0 Å². The van der Waals surface area contributed by atoms with Crippen LogP contribution in [-0.4, -0.2) is 191 Å². The lowest BCUT2D eigenvalue weighted by Crippen LogP contribution is -2.69. The minimum Gasteiger partial charge on any atom is -0.477 e. The minimum absolute atomic E-state index is 0.677. The smallest absolute Gasteiger partial charge is 0.364 e. The normalized spacial score (nSPS) is 42.9. The van der Waals surface area contributed by atoms with Gasteiger partial charge in [0.2, 0.25) is 11.8 Å². The van der Waals surface area contributed by atoms with E-state index in [-0.39, 0.29) is 0 Å².